The van der Waals surface area contributed by atoms with Crippen LogP contribution in [0.2, 0.25) is 0 Å². The van der Waals surface area contributed by atoms with E-state index < -0.39 is 0 Å². The third kappa shape index (κ3) is 2.17. The maximum Gasteiger partial charge on any atom is 0.295 e. The Morgan fingerprint density at radius 2 is 2.22 bits per heavy atom. The molecule has 0 spiro atoms. The fourth-order valence-electron chi connectivity index (χ4n) is 1.76. The molecule has 0 saturated carbocycles. The van der Waals surface area contributed by atoms with Crippen molar-refractivity contribution in [3.8, 4) is 0 Å². The second-order valence-corrected chi connectivity index (χ2v) is 5.48. The first kappa shape index (κ1) is 11.1. The lowest BCUT2D eigenvalue weighted by Crippen LogP contribution is -1.96. The molecule has 0 aliphatic rings. The van der Waals surface area contributed by atoms with Gasteiger partial charge in [-0.1, -0.05) is 0 Å². The number of hydrogen-bond donors (Lipinski definition) is 2. The molecular weight excluding hydrogens is 246 g/mol. The largest absolute Gasteiger partial charge is 0.423 e. The monoisotopic (exact) mass is 259 g/mol. The van der Waals surface area contributed by atoms with E-state index in [9.17, 15) is 0 Å². The molecule has 5 heteroatoms. The van der Waals surface area contributed by atoms with E-state index in [1.165, 1.54) is 9.75 Å². The summed E-state index contributed by atoms with van der Waals surface area (Å²) < 4.78 is 5.58. The predicted octanol–water partition coefficient (Wildman–Crippen LogP) is 3.39. The second-order valence-electron chi connectivity index (χ2n) is 4.11. The van der Waals surface area contributed by atoms with Gasteiger partial charge >= 0.3 is 0 Å². The van der Waals surface area contributed by atoms with Gasteiger partial charge in [0.25, 0.3) is 6.01 Å². The van der Waals surface area contributed by atoms with Gasteiger partial charge in [-0.25, -0.2) is 0 Å². The van der Waals surface area contributed by atoms with Crippen LogP contribution in [0.15, 0.2) is 34.7 Å². The summed E-state index contributed by atoms with van der Waals surface area (Å²) >= 11 is 1.76. The van der Waals surface area contributed by atoms with Gasteiger partial charge in [0.2, 0.25) is 0 Å². The number of fused-ring (bicyclic) bond motifs is 1. The van der Waals surface area contributed by atoms with Gasteiger partial charge in [-0.3, -0.25) is 0 Å². The zero-order chi connectivity index (χ0) is 12.5. The first-order chi connectivity index (χ1) is 8.70. The number of aryl methyl sites for hydroxylation is 1. The molecule has 0 radical (unpaired) electrons. The van der Waals surface area contributed by atoms with Crippen molar-refractivity contribution in [2.45, 2.75) is 13.5 Å². The highest BCUT2D eigenvalue weighted by atomic mass is 32.1. The summed E-state index contributed by atoms with van der Waals surface area (Å²) in [6.45, 7) is 2.82. The van der Waals surface area contributed by atoms with Crippen molar-refractivity contribution in [1.82, 2.24) is 4.98 Å². The van der Waals surface area contributed by atoms with Gasteiger partial charge in [0.05, 0.1) is 6.54 Å². The summed E-state index contributed by atoms with van der Waals surface area (Å²) in [6.07, 6.45) is 0. The van der Waals surface area contributed by atoms with E-state index >= 15 is 0 Å². The lowest BCUT2D eigenvalue weighted by atomic mass is 10.3. The molecular formula is C13H13N3OS. The van der Waals surface area contributed by atoms with Crippen LogP contribution >= 0.6 is 11.3 Å². The summed E-state index contributed by atoms with van der Waals surface area (Å²) in [5.41, 5.74) is 7.90. The summed E-state index contributed by atoms with van der Waals surface area (Å²) in [5.74, 6) is 0. The van der Waals surface area contributed by atoms with Crippen LogP contribution in [0.4, 0.5) is 11.7 Å². The number of oxazole rings is 1. The van der Waals surface area contributed by atoms with Crippen LogP contribution in [-0.2, 0) is 6.54 Å². The van der Waals surface area contributed by atoms with E-state index in [-0.39, 0.29) is 0 Å². The Kier molecular flexibility index (Phi) is 2.68. The van der Waals surface area contributed by atoms with Crippen LogP contribution in [0, 0.1) is 6.92 Å². The number of rotatable bonds is 3. The van der Waals surface area contributed by atoms with Crippen molar-refractivity contribution in [2.75, 3.05) is 11.1 Å². The Morgan fingerprint density at radius 3 is 3.00 bits per heavy atom. The van der Waals surface area contributed by atoms with Crippen LogP contribution in [0.3, 0.4) is 0 Å². The molecule has 0 atom stereocenters. The molecule has 3 aromatic rings. The minimum Gasteiger partial charge on any atom is -0.423 e. The van der Waals surface area contributed by atoms with Gasteiger partial charge in [0.1, 0.15) is 5.52 Å². The smallest absolute Gasteiger partial charge is 0.295 e. The molecule has 0 saturated heterocycles. The molecule has 0 bridgehead atoms. The van der Waals surface area contributed by atoms with E-state index in [0.717, 1.165) is 12.1 Å². The highest BCUT2D eigenvalue weighted by Crippen LogP contribution is 2.22. The minimum atomic E-state index is 0.529. The topological polar surface area (TPSA) is 64.1 Å². The van der Waals surface area contributed by atoms with Gasteiger partial charge in [0, 0.05) is 21.5 Å². The Balaban J connectivity index is 1.78. The molecule has 18 heavy (non-hydrogen) atoms. The SMILES string of the molecule is Cc1ccc(CNc2nc3ccc(N)cc3o2)s1. The summed E-state index contributed by atoms with van der Waals surface area (Å²) in [4.78, 5) is 6.91. The number of nitrogens with two attached hydrogens (primary N) is 1. The molecule has 1 aromatic carbocycles. The average Bonchev–Trinajstić information content (AvgIpc) is 2.92. The second kappa shape index (κ2) is 4.34. The summed E-state index contributed by atoms with van der Waals surface area (Å²) in [7, 11) is 0. The fraction of sp³-hybridized carbons (Fsp3) is 0.154. The van der Waals surface area contributed by atoms with Crippen molar-refractivity contribution in [2.24, 2.45) is 0 Å². The molecule has 0 aliphatic carbocycles. The van der Waals surface area contributed by atoms with Crippen LogP contribution in [0.5, 0.6) is 0 Å². The first-order valence-corrected chi connectivity index (χ1v) is 6.47. The van der Waals surface area contributed by atoms with Gasteiger partial charge in [-0.05, 0) is 31.2 Å². The minimum absolute atomic E-state index is 0.529. The Labute approximate surface area is 108 Å². The van der Waals surface area contributed by atoms with E-state index in [0.29, 0.717) is 17.3 Å². The molecule has 92 valence electrons. The molecule has 3 rings (SSSR count). The van der Waals surface area contributed by atoms with Gasteiger partial charge in [0.15, 0.2) is 5.58 Å². The number of nitrogens with zero attached hydrogens (tertiary/aromatic N) is 1. The normalized spacial score (nSPS) is 10.9. The lowest BCUT2D eigenvalue weighted by molar-refractivity contribution is 0.615. The van der Waals surface area contributed by atoms with Crippen molar-refractivity contribution in [1.29, 1.82) is 0 Å². The average molecular weight is 259 g/mol. The maximum absolute atomic E-state index is 5.69. The quantitative estimate of drug-likeness (QED) is 0.708. The molecule has 4 nitrogen and oxygen atoms in total. The molecule has 0 aliphatic heterocycles. The first-order valence-electron chi connectivity index (χ1n) is 5.66. The Morgan fingerprint density at radius 1 is 1.33 bits per heavy atom. The van der Waals surface area contributed by atoms with Crippen LogP contribution < -0.4 is 11.1 Å². The molecule has 2 aromatic heterocycles. The molecule has 0 unspecified atom stereocenters. The van der Waals surface area contributed by atoms with E-state index in [1.807, 2.05) is 12.1 Å². The van der Waals surface area contributed by atoms with E-state index in [1.54, 1.807) is 17.4 Å². The maximum atomic E-state index is 5.69. The van der Waals surface area contributed by atoms with Crippen LogP contribution in [0.1, 0.15) is 9.75 Å². The predicted molar refractivity (Wildman–Crippen MR) is 74.8 cm³/mol. The standard InChI is InChI=1S/C13H13N3OS/c1-8-2-4-10(18-8)7-15-13-16-11-5-3-9(14)6-12(11)17-13/h2-6H,7,14H2,1H3,(H,15,16). The third-order valence-electron chi connectivity index (χ3n) is 2.62. The number of benzene rings is 1. The van der Waals surface area contributed by atoms with Crippen molar-refractivity contribution >= 4 is 34.1 Å². The van der Waals surface area contributed by atoms with E-state index in [2.05, 4.69) is 29.4 Å². The Hall–Kier alpha value is -2.01. The third-order valence-corrected chi connectivity index (χ3v) is 3.62. The highest BCUT2D eigenvalue weighted by Gasteiger charge is 2.06. The van der Waals surface area contributed by atoms with Gasteiger partial charge in [-0.15, -0.1) is 11.3 Å². The lowest BCUT2D eigenvalue weighted by Gasteiger charge is -1.97. The number of nitrogen functional groups attached to an aromatic ring is 1. The molecule has 0 fully saturated rings. The number of anilines is 2. The number of nitrogens with one attached hydrogen (secondary N) is 1. The summed E-state index contributed by atoms with van der Waals surface area (Å²) in [5, 5.41) is 3.17. The molecule has 2 heterocycles. The number of aromatic nitrogens is 1. The van der Waals surface area contributed by atoms with Crippen molar-refractivity contribution < 1.29 is 4.42 Å². The van der Waals surface area contributed by atoms with Crippen LogP contribution in [-0.4, -0.2) is 4.98 Å². The van der Waals surface area contributed by atoms with Gasteiger partial charge in [-0.2, -0.15) is 4.98 Å². The number of hydrogen-bond acceptors (Lipinski definition) is 5. The van der Waals surface area contributed by atoms with Crippen molar-refractivity contribution in [3.05, 3.63) is 40.1 Å². The van der Waals surface area contributed by atoms with Crippen molar-refractivity contribution in [3.63, 3.8) is 0 Å². The molecule has 3 N–H and O–H groups in total. The highest BCUT2D eigenvalue weighted by molar-refractivity contribution is 7.11. The zero-order valence-corrected chi connectivity index (χ0v) is 10.8. The fourth-order valence-corrected chi connectivity index (χ4v) is 2.59. The van der Waals surface area contributed by atoms with E-state index in [4.69, 9.17) is 10.2 Å². The number of thiophene rings is 1. The van der Waals surface area contributed by atoms with Gasteiger partial charge < -0.3 is 15.5 Å². The zero-order valence-electron chi connectivity index (χ0n) is 9.93. The summed E-state index contributed by atoms with van der Waals surface area (Å²) in [6, 6.07) is 10.2. The van der Waals surface area contributed by atoms with Crippen LogP contribution in [0.25, 0.3) is 11.1 Å². The molecule has 0 amide bonds. The Bertz CT molecular complexity index is 686.